The lowest BCUT2D eigenvalue weighted by molar-refractivity contribution is -0.148. The molecule has 0 spiro atoms. The SMILES string of the molecule is CCOC(=O)C(CSC(c1ccccc1)(c1ccccc1)c1ccccc1)NC(=O)C1CCCN1C(=O)C(CSC(c1ccccc1)(c1ccccc1)c1ccccc1)NC(=O)CCl. The molecule has 1 heterocycles. The van der Waals surface area contributed by atoms with Gasteiger partial charge in [-0.05, 0) is 53.1 Å². The molecule has 0 aliphatic carbocycles. The number of hydrogen-bond donors (Lipinski definition) is 2. The highest BCUT2D eigenvalue weighted by Gasteiger charge is 2.44. The van der Waals surface area contributed by atoms with Gasteiger partial charge >= 0.3 is 5.97 Å². The van der Waals surface area contributed by atoms with E-state index in [2.05, 4.69) is 83.4 Å². The van der Waals surface area contributed by atoms with E-state index in [4.69, 9.17) is 16.3 Å². The number of rotatable bonds is 19. The summed E-state index contributed by atoms with van der Waals surface area (Å²) >= 11 is 9.14. The van der Waals surface area contributed by atoms with Crippen molar-refractivity contribution >= 4 is 58.8 Å². The summed E-state index contributed by atoms with van der Waals surface area (Å²) in [6.07, 6.45) is 0.945. The number of carbonyl (C=O) groups is 4. The second kappa shape index (κ2) is 22.2. The molecule has 3 unspecified atom stereocenters. The Balaban J connectivity index is 1.17. The topological polar surface area (TPSA) is 105 Å². The van der Waals surface area contributed by atoms with Crippen molar-refractivity contribution in [3.8, 4) is 0 Å². The van der Waals surface area contributed by atoms with E-state index in [9.17, 15) is 19.2 Å². The molecule has 1 fully saturated rings. The predicted octanol–water partition coefficient (Wildman–Crippen LogP) is 9.20. The molecule has 328 valence electrons. The van der Waals surface area contributed by atoms with Gasteiger partial charge in [0.25, 0.3) is 0 Å². The number of likely N-dealkylation sites (tertiary alicyclic amines) is 1. The van der Waals surface area contributed by atoms with Gasteiger partial charge < -0.3 is 20.3 Å². The predicted molar refractivity (Wildman–Crippen MR) is 259 cm³/mol. The highest BCUT2D eigenvalue weighted by atomic mass is 35.5. The first-order valence-electron chi connectivity index (χ1n) is 21.6. The van der Waals surface area contributed by atoms with Crippen LogP contribution in [0.15, 0.2) is 182 Å². The smallest absolute Gasteiger partial charge is 0.329 e. The molecule has 1 saturated heterocycles. The van der Waals surface area contributed by atoms with Crippen molar-refractivity contribution in [3.05, 3.63) is 215 Å². The van der Waals surface area contributed by atoms with E-state index in [-0.39, 0.29) is 24.0 Å². The van der Waals surface area contributed by atoms with E-state index in [1.54, 1.807) is 23.6 Å². The van der Waals surface area contributed by atoms with Gasteiger partial charge in [0.05, 0.1) is 16.1 Å². The number of benzene rings is 6. The summed E-state index contributed by atoms with van der Waals surface area (Å²) in [5.74, 6) is -1.94. The van der Waals surface area contributed by atoms with Crippen LogP contribution in [0.4, 0.5) is 0 Å². The zero-order chi connectivity index (χ0) is 44.8. The van der Waals surface area contributed by atoms with Crippen molar-refractivity contribution in [2.24, 2.45) is 0 Å². The largest absolute Gasteiger partial charge is 0.464 e. The third-order valence-corrected chi connectivity index (χ3v) is 15.0. The van der Waals surface area contributed by atoms with Crippen molar-refractivity contribution in [1.82, 2.24) is 15.5 Å². The first-order chi connectivity index (χ1) is 31.3. The highest BCUT2D eigenvalue weighted by Crippen LogP contribution is 2.50. The summed E-state index contributed by atoms with van der Waals surface area (Å²) in [6.45, 7) is 2.16. The van der Waals surface area contributed by atoms with Crippen LogP contribution in [0.1, 0.15) is 53.1 Å². The maximum absolute atomic E-state index is 14.9. The monoisotopic (exact) mass is 909 g/mol. The first kappa shape index (κ1) is 46.2. The molecule has 7 rings (SSSR count). The lowest BCUT2D eigenvalue weighted by atomic mass is 9.84. The summed E-state index contributed by atoms with van der Waals surface area (Å²) in [4.78, 5) is 57.9. The number of alkyl halides is 1. The Morgan fingerprint density at radius 3 is 1.30 bits per heavy atom. The molecule has 1 aliphatic heterocycles. The third-order valence-electron chi connectivity index (χ3n) is 11.5. The van der Waals surface area contributed by atoms with Crippen LogP contribution in [0.2, 0.25) is 0 Å². The fourth-order valence-electron chi connectivity index (χ4n) is 8.54. The molecular weight excluding hydrogens is 858 g/mol. The summed E-state index contributed by atoms with van der Waals surface area (Å²) in [5.41, 5.74) is 6.05. The van der Waals surface area contributed by atoms with E-state index in [0.29, 0.717) is 19.4 Å². The third kappa shape index (κ3) is 10.3. The molecule has 6 aromatic carbocycles. The Hall–Kier alpha value is -5.81. The summed E-state index contributed by atoms with van der Waals surface area (Å²) < 4.78 is 4.06. The van der Waals surface area contributed by atoms with Gasteiger partial charge in [-0.25, -0.2) is 4.79 Å². The van der Waals surface area contributed by atoms with Crippen LogP contribution in [0, 0.1) is 0 Å². The molecule has 6 aromatic rings. The number of esters is 1. The van der Waals surface area contributed by atoms with E-state index in [0.717, 1.165) is 33.4 Å². The van der Waals surface area contributed by atoms with Crippen molar-refractivity contribution in [2.45, 2.75) is 47.4 Å². The van der Waals surface area contributed by atoms with Crippen LogP contribution < -0.4 is 10.6 Å². The number of halogens is 1. The number of nitrogens with one attached hydrogen (secondary N) is 2. The second-order valence-corrected chi connectivity index (χ2v) is 18.2. The maximum atomic E-state index is 14.9. The van der Waals surface area contributed by atoms with Crippen LogP contribution in [0.5, 0.6) is 0 Å². The van der Waals surface area contributed by atoms with Crippen LogP contribution >= 0.6 is 35.1 Å². The number of hydrogen-bond acceptors (Lipinski definition) is 7. The number of thioether (sulfide) groups is 2. The quantitative estimate of drug-likeness (QED) is 0.0475. The molecule has 0 bridgehead atoms. The molecule has 2 N–H and O–H groups in total. The van der Waals surface area contributed by atoms with Gasteiger partial charge in [-0.1, -0.05) is 182 Å². The molecule has 3 atom stereocenters. The molecule has 0 saturated carbocycles. The lowest BCUT2D eigenvalue weighted by Gasteiger charge is -2.37. The molecule has 1 aliphatic rings. The fraction of sp³-hybridized carbons (Fsp3) is 0.245. The highest BCUT2D eigenvalue weighted by molar-refractivity contribution is 8.01. The average molecular weight is 911 g/mol. The Bertz CT molecular complexity index is 2240. The van der Waals surface area contributed by atoms with Gasteiger partial charge in [0.2, 0.25) is 17.7 Å². The van der Waals surface area contributed by atoms with Crippen molar-refractivity contribution in [3.63, 3.8) is 0 Å². The fourth-order valence-corrected chi connectivity index (χ4v) is 11.7. The van der Waals surface area contributed by atoms with Gasteiger partial charge in [0.1, 0.15) is 24.0 Å². The molecule has 64 heavy (non-hydrogen) atoms. The minimum atomic E-state index is -1.05. The number of ether oxygens (including phenoxy) is 1. The van der Waals surface area contributed by atoms with Gasteiger partial charge in [0, 0.05) is 18.1 Å². The van der Waals surface area contributed by atoms with Crippen molar-refractivity contribution in [2.75, 3.05) is 30.5 Å². The zero-order valence-corrected chi connectivity index (χ0v) is 38.1. The minimum absolute atomic E-state index is 0.126. The number of carbonyl (C=O) groups excluding carboxylic acids is 4. The second-order valence-electron chi connectivity index (χ2n) is 15.4. The Labute approximate surface area is 389 Å². The van der Waals surface area contributed by atoms with Crippen LogP contribution in [0.25, 0.3) is 0 Å². The van der Waals surface area contributed by atoms with Gasteiger partial charge in [-0.2, -0.15) is 0 Å². The normalized spacial score (nSPS) is 14.8. The average Bonchev–Trinajstić information content (AvgIpc) is 3.86. The summed E-state index contributed by atoms with van der Waals surface area (Å²) in [5, 5.41) is 5.92. The molecule has 0 radical (unpaired) electrons. The number of amides is 3. The lowest BCUT2D eigenvalue weighted by Crippen LogP contribution is -2.56. The van der Waals surface area contributed by atoms with Gasteiger partial charge in [0.15, 0.2) is 0 Å². The van der Waals surface area contributed by atoms with Crippen molar-refractivity contribution in [1.29, 1.82) is 0 Å². The molecular formula is C53H52ClN3O5S2. The summed E-state index contributed by atoms with van der Waals surface area (Å²) in [6, 6.07) is 57.7. The van der Waals surface area contributed by atoms with Crippen LogP contribution in [-0.4, -0.2) is 77.3 Å². The molecule has 8 nitrogen and oxygen atoms in total. The summed E-state index contributed by atoms with van der Waals surface area (Å²) in [7, 11) is 0. The van der Waals surface area contributed by atoms with Gasteiger partial charge in [-0.3, -0.25) is 14.4 Å². The van der Waals surface area contributed by atoms with Gasteiger partial charge in [-0.15, -0.1) is 35.1 Å². The van der Waals surface area contributed by atoms with E-state index in [1.807, 2.05) is 109 Å². The van der Waals surface area contributed by atoms with Crippen LogP contribution in [-0.2, 0) is 33.4 Å². The van der Waals surface area contributed by atoms with Crippen molar-refractivity contribution < 1.29 is 23.9 Å². The Morgan fingerprint density at radius 2 is 0.953 bits per heavy atom. The minimum Gasteiger partial charge on any atom is -0.464 e. The van der Waals surface area contributed by atoms with E-state index < -0.39 is 51.3 Å². The Kier molecular flexibility index (Phi) is 16.0. The maximum Gasteiger partial charge on any atom is 0.329 e. The van der Waals surface area contributed by atoms with Crippen LogP contribution in [0.3, 0.4) is 0 Å². The first-order valence-corrected chi connectivity index (χ1v) is 24.1. The molecule has 11 heteroatoms. The molecule has 3 amide bonds. The Morgan fingerprint density at radius 1 is 0.594 bits per heavy atom. The molecule has 0 aromatic heterocycles. The van der Waals surface area contributed by atoms with E-state index >= 15 is 0 Å². The van der Waals surface area contributed by atoms with E-state index in [1.165, 1.54) is 11.8 Å². The standard InChI is InChI=1S/C53H52ClN3O5S2/c1-2-62-51(61)46(38-64-53(42-28-15-6-16-29-42,43-30-17-7-18-31-43)44-32-19-8-20-33-44)56-49(59)47-34-21-35-57(47)50(60)45(55-48(58)36-54)37-63-52(39-22-9-3-10-23-39,40-24-11-4-12-25-40)41-26-13-5-14-27-41/h3-20,22-33,45-47H,2,21,34-38H2,1H3,(H,55,58)(H,56,59). The number of nitrogens with zero attached hydrogens (tertiary/aromatic N) is 1. The zero-order valence-electron chi connectivity index (χ0n) is 35.7.